The van der Waals surface area contributed by atoms with Crippen LogP contribution in [-0.4, -0.2) is 11.1 Å². The molecule has 0 heterocycles. The standard InChI is InChI=1S/C17H17FO2/c1-17(2,3)14-6-4-11(5-7-14)12-8-13(16(19)20)10-15(18)9-12/h4-10H,1-3H3,(H,19,20). The van der Waals surface area contributed by atoms with E-state index in [9.17, 15) is 9.18 Å². The number of hydrogen-bond acceptors (Lipinski definition) is 1. The molecule has 104 valence electrons. The van der Waals surface area contributed by atoms with E-state index in [1.165, 1.54) is 17.7 Å². The van der Waals surface area contributed by atoms with Gasteiger partial charge in [0.2, 0.25) is 0 Å². The first-order chi connectivity index (χ1) is 9.27. The summed E-state index contributed by atoms with van der Waals surface area (Å²) < 4.78 is 13.5. The molecule has 0 aliphatic rings. The minimum absolute atomic E-state index is 0.0418. The van der Waals surface area contributed by atoms with Crippen molar-refractivity contribution in [3.8, 4) is 11.1 Å². The Morgan fingerprint density at radius 2 is 1.60 bits per heavy atom. The number of carbonyl (C=O) groups is 1. The lowest BCUT2D eigenvalue weighted by atomic mass is 9.86. The van der Waals surface area contributed by atoms with Gasteiger partial charge in [0.15, 0.2) is 0 Å². The van der Waals surface area contributed by atoms with Crippen molar-refractivity contribution in [1.29, 1.82) is 0 Å². The van der Waals surface area contributed by atoms with E-state index in [0.717, 1.165) is 11.6 Å². The Hall–Kier alpha value is -2.16. The van der Waals surface area contributed by atoms with Gasteiger partial charge >= 0.3 is 5.97 Å². The van der Waals surface area contributed by atoms with Crippen LogP contribution in [0.15, 0.2) is 42.5 Å². The summed E-state index contributed by atoms with van der Waals surface area (Å²) in [6.45, 7) is 6.35. The molecule has 0 radical (unpaired) electrons. The zero-order valence-electron chi connectivity index (χ0n) is 11.8. The molecule has 2 aromatic carbocycles. The molecule has 0 aromatic heterocycles. The average molecular weight is 272 g/mol. The molecule has 2 rings (SSSR count). The van der Waals surface area contributed by atoms with Crippen LogP contribution in [-0.2, 0) is 5.41 Å². The SMILES string of the molecule is CC(C)(C)c1ccc(-c2cc(F)cc(C(=O)O)c2)cc1. The Bertz CT molecular complexity index is 637. The first-order valence-electron chi connectivity index (χ1n) is 6.42. The van der Waals surface area contributed by atoms with Crippen LogP contribution in [0.5, 0.6) is 0 Å². The van der Waals surface area contributed by atoms with Gasteiger partial charge in [-0.15, -0.1) is 0 Å². The summed E-state index contributed by atoms with van der Waals surface area (Å²) in [6.07, 6.45) is 0. The molecule has 20 heavy (non-hydrogen) atoms. The van der Waals surface area contributed by atoms with Gasteiger partial charge in [-0.3, -0.25) is 0 Å². The first-order valence-corrected chi connectivity index (χ1v) is 6.42. The van der Waals surface area contributed by atoms with Gasteiger partial charge in [0.25, 0.3) is 0 Å². The molecule has 0 fully saturated rings. The molecule has 3 heteroatoms. The zero-order valence-corrected chi connectivity index (χ0v) is 11.8. The van der Waals surface area contributed by atoms with E-state index in [2.05, 4.69) is 20.8 Å². The topological polar surface area (TPSA) is 37.3 Å². The summed E-state index contributed by atoms with van der Waals surface area (Å²) in [5.74, 6) is -1.67. The number of carboxylic acid groups (broad SMARTS) is 1. The molecule has 2 nitrogen and oxygen atoms in total. The van der Waals surface area contributed by atoms with Gasteiger partial charge in [-0.25, -0.2) is 9.18 Å². The highest BCUT2D eigenvalue weighted by Gasteiger charge is 2.14. The van der Waals surface area contributed by atoms with Crippen molar-refractivity contribution in [2.24, 2.45) is 0 Å². The number of rotatable bonds is 2. The molecular formula is C17H17FO2. The second kappa shape index (κ2) is 5.08. The third kappa shape index (κ3) is 3.05. The summed E-state index contributed by atoms with van der Waals surface area (Å²) in [7, 11) is 0. The van der Waals surface area contributed by atoms with E-state index >= 15 is 0 Å². The van der Waals surface area contributed by atoms with E-state index in [-0.39, 0.29) is 11.0 Å². The summed E-state index contributed by atoms with van der Waals surface area (Å²) in [4.78, 5) is 11.0. The van der Waals surface area contributed by atoms with E-state index in [1.807, 2.05) is 24.3 Å². The van der Waals surface area contributed by atoms with Gasteiger partial charge in [0.1, 0.15) is 5.82 Å². The van der Waals surface area contributed by atoms with E-state index in [1.54, 1.807) is 0 Å². The van der Waals surface area contributed by atoms with Crippen LogP contribution in [0.3, 0.4) is 0 Å². The third-order valence-electron chi connectivity index (χ3n) is 3.23. The van der Waals surface area contributed by atoms with Crippen LogP contribution in [0.2, 0.25) is 0 Å². The fourth-order valence-corrected chi connectivity index (χ4v) is 2.04. The second-order valence-electron chi connectivity index (χ2n) is 5.86. The van der Waals surface area contributed by atoms with Gasteiger partial charge in [-0.05, 0) is 40.3 Å². The van der Waals surface area contributed by atoms with Gasteiger partial charge < -0.3 is 5.11 Å². The van der Waals surface area contributed by atoms with Crippen molar-refractivity contribution in [1.82, 2.24) is 0 Å². The number of halogens is 1. The molecule has 0 saturated carbocycles. The minimum atomic E-state index is -1.13. The molecule has 2 aromatic rings. The fraction of sp³-hybridized carbons (Fsp3) is 0.235. The van der Waals surface area contributed by atoms with Gasteiger partial charge in [-0.2, -0.15) is 0 Å². The van der Waals surface area contributed by atoms with Crippen LogP contribution in [0.4, 0.5) is 4.39 Å². The van der Waals surface area contributed by atoms with Crippen molar-refractivity contribution >= 4 is 5.97 Å². The molecule has 0 unspecified atom stereocenters. The van der Waals surface area contributed by atoms with Gasteiger partial charge in [-0.1, -0.05) is 45.0 Å². The number of carboxylic acids is 1. The summed E-state index contributed by atoms with van der Waals surface area (Å²) in [5.41, 5.74) is 2.56. The van der Waals surface area contributed by atoms with Crippen LogP contribution in [0, 0.1) is 5.82 Å². The second-order valence-corrected chi connectivity index (χ2v) is 5.86. The Labute approximate surface area is 117 Å². The highest BCUT2D eigenvalue weighted by Crippen LogP contribution is 2.27. The van der Waals surface area contributed by atoms with Gasteiger partial charge in [0, 0.05) is 0 Å². The van der Waals surface area contributed by atoms with Crippen LogP contribution in [0.1, 0.15) is 36.7 Å². The lowest BCUT2D eigenvalue weighted by molar-refractivity contribution is 0.0696. The molecule has 0 aliphatic heterocycles. The maximum atomic E-state index is 13.5. The maximum absolute atomic E-state index is 13.5. The molecular weight excluding hydrogens is 255 g/mol. The lowest BCUT2D eigenvalue weighted by Gasteiger charge is -2.19. The number of hydrogen-bond donors (Lipinski definition) is 1. The van der Waals surface area contributed by atoms with Crippen molar-refractivity contribution in [2.45, 2.75) is 26.2 Å². The first kappa shape index (κ1) is 14.3. The maximum Gasteiger partial charge on any atom is 0.335 e. The summed E-state index contributed by atoms with van der Waals surface area (Å²) in [5, 5.41) is 8.96. The Morgan fingerprint density at radius 3 is 2.10 bits per heavy atom. The van der Waals surface area contributed by atoms with Crippen molar-refractivity contribution in [3.05, 3.63) is 59.4 Å². The minimum Gasteiger partial charge on any atom is -0.478 e. The quantitative estimate of drug-likeness (QED) is 0.874. The highest BCUT2D eigenvalue weighted by atomic mass is 19.1. The molecule has 0 aliphatic carbocycles. The fourth-order valence-electron chi connectivity index (χ4n) is 2.04. The number of aromatic carboxylic acids is 1. The largest absolute Gasteiger partial charge is 0.478 e. The lowest BCUT2D eigenvalue weighted by Crippen LogP contribution is -2.10. The van der Waals surface area contributed by atoms with Crippen molar-refractivity contribution in [2.75, 3.05) is 0 Å². The van der Waals surface area contributed by atoms with Crippen molar-refractivity contribution < 1.29 is 14.3 Å². The molecule has 0 amide bonds. The van der Waals surface area contributed by atoms with Crippen LogP contribution in [0.25, 0.3) is 11.1 Å². The van der Waals surface area contributed by atoms with E-state index < -0.39 is 11.8 Å². The van der Waals surface area contributed by atoms with E-state index in [0.29, 0.717) is 5.56 Å². The monoisotopic (exact) mass is 272 g/mol. The average Bonchev–Trinajstić information content (AvgIpc) is 2.37. The van der Waals surface area contributed by atoms with Crippen molar-refractivity contribution in [3.63, 3.8) is 0 Å². The molecule has 0 bridgehead atoms. The number of benzene rings is 2. The Balaban J connectivity index is 2.44. The van der Waals surface area contributed by atoms with E-state index in [4.69, 9.17) is 5.11 Å². The third-order valence-corrected chi connectivity index (χ3v) is 3.23. The predicted octanol–water partition coefficient (Wildman–Crippen LogP) is 4.49. The molecule has 1 N–H and O–H groups in total. The summed E-state index contributed by atoms with van der Waals surface area (Å²) >= 11 is 0. The predicted molar refractivity (Wildman–Crippen MR) is 77.5 cm³/mol. The van der Waals surface area contributed by atoms with Gasteiger partial charge in [0.05, 0.1) is 5.56 Å². The molecule has 0 spiro atoms. The molecule has 0 saturated heterocycles. The van der Waals surface area contributed by atoms with Crippen LogP contribution < -0.4 is 0 Å². The Kier molecular flexibility index (Phi) is 3.62. The molecule has 0 atom stereocenters. The highest BCUT2D eigenvalue weighted by molar-refractivity contribution is 5.89. The summed E-state index contributed by atoms with van der Waals surface area (Å²) in [6, 6.07) is 11.6. The Morgan fingerprint density at radius 1 is 1.00 bits per heavy atom. The van der Waals surface area contributed by atoms with Crippen LogP contribution >= 0.6 is 0 Å². The zero-order chi connectivity index (χ0) is 14.9. The smallest absolute Gasteiger partial charge is 0.335 e. The normalized spacial score (nSPS) is 11.4.